The molecule has 0 aliphatic rings. The Morgan fingerprint density at radius 3 is 2.61 bits per heavy atom. The first-order chi connectivity index (χ1) is 8.54. The third-order valence-corrected chi connectivity index (χ3v) is 2.94. The lowest BCUT2D eigenvalue weighted by molar-refractivity contribution is 0.626. The van der Waals surface area contributed by atoms with E-state index >= 15 is 0 Å². The van der Waals surface area contributed by atoms with Crippen LogP contribution in [0.5, 0.6) is 0 Å². The molecule has 96 valence electrons. The van der Waals surface area contributed by atoms with E-state index in [9.17, 15) is 14.4 Å². The monoisotopic (exact) mass is 249 g/mol. The van der Waals surface area contributed by atoms with Crippen molar-refractivity contribution in [2.45, 2.75) is 33.2 Å². The number of nitrogens with zero attached hydrogens (tertiary/aromatic N) is 1. The summed E-state index contributed by atoms with van der Waals surface area (Å²) in [5.41, 5.74) is -0.552. The number of rotatable bonds is 3. The van der Waals surface area contributed by atoms with Crippen LogP contribution in [0.2, 0.25) is 0 Å². The zero-order valence-corrected chi connectivity index (χ0v) is 10.4. The molecule has 0 aliphatic carbocycles. The second-order valence-electron chi connectivity index (χ2n) is 4.29. The molecule has 0 fully saturated rings. The summed E-state index contributed by atoms with van der Waals surface area (Å²) in [7, 11) is 0. The Kier molecular flexibility index (Phi) is 3.18. The normalized spacial score (nSPS) is 11.0. The predicted octanol–water partition coefficient (Wildman–Crippen LogP) is 0.487. The van der Waals surface area contributed by atoms with Crippen molar-refractivity contribution in [1.82, 2.24) is 14.5 Å². The number of H-pyrrole nitrogens is 2. The molecule has 2 aromatic heterocycles. The van der Waals surface area contributed by atoms with Gasteiger partial charge in [-0.25, -0.2) is 4.79 Å². The van der Waals surface area contributed by atoms with E-state index in [1.165, 1.54) is 6.07 Å². The summed E-state index contributed by atoms with van der Waals surface area (Å²) in [6.45, 7) is 4.50. The molecular formula is C12H15N3O3. The molecular weight excluding hydrogens is 234 g/mol. The molecule has 0 aliphatic heterocycles. The minimum atomic E-state index is -0.635. The van der Waals surface area contributed by atoms with Gasteiger partial charge < -0.3 is 4.57 Å². The van der Waals surface area contributed by atoms with Gasteiger partial charge in [-0.1, -0.05) is 13.3 Å². The van der Waals surface area contributed by atoms with Crippen LogP contribution < -0.4 is 16.7 Å². The maximum atomic E-state index is 11.8. The van der Waals surface area contributed by atoms with E-state index in [1.54, 1.807) is 11.5 Å². The van der Waals surface area contributed by atoms with E-state index in [-0.39, 0.29) is 10.8 Å². The van der Waals surface area contributed by atoms with Crippen LogP contribution in [0.25, 0.3) is 11.0 Å². The van der Waals surface area contributed by atoms with Crippen LogP contribution in [-0.2, 0) is 6.54 Å². The number of hydrogen-bond donors (Lipinski definition) is 2. The van der Waals surface area contributed by atoms with Gasteiger partial charge in [0.05, 0.1) is 0 Å². The lowest BCUT2D eigenvalue weighted by Crippen LogP contribution is -2.29. The average molecular weight is 249 g/mol. The zero-order chi connectivity index (χ0) is 13.3. The third-order valence-electron chi connectivity index (χ3n) is 2.94. The average Bonchev–Trinajstić information content (AvgIpc) is 2.27. The summed E-state index contributed by atoms with van der Waals surface area (Å²) in [5.74, 6) is 0. The number of aromatic amines is 2. The topological polar surface area (TPSA) is 87.7 Å². The van der Waals surface area contributed by atoms with E-state index < -0.39 is 11.2 Å². The lowest BCUT2D eigenvalue weighted by Gasteiger charge is -2.12. The first kappa shape index (κ1) is 12.3. The van der Waals surface area contributed by atoms with E-state index in [0.29, 0.717) is 12.2 Å². The molecule has 0 radical (unpaired) electrons. The van der Waals surface area contributed by atoms with Gasteiger partial charge in [-0.2, -0.15) is 0 Å². The van der Waals surface area contributed by atoms with Gasteiger partial charge in [0.25, 0.3) is 5.56 Å². The van der Waals surface area contributed by atoms with Crippen molar-refractivity contribution in [3.05, 3.63) is 42.8 Å². The van der Waals surface area contributed by atoms with E-state index in [1.807, 2.05) is 0 Å². The van der Waals surface area contributed by atoms with Crippen molar-refractivity contribution in [3.63, 3.8) is 0 Å². The Morgan fingerprint density at radius 2 is 1.94 bits per heavy atom. The van der Waals surface area contributed by atoms with Crippen molar-refractivity contribution in [1.29, 1.82) is 0 Å². The van der Waals surface area contributed by atoms with Crippen molar-refractivity contribution in [3.8, 4) is 0 Å². The molecule has 18 heavy (non-hydrogen) atoms. The van der Waals surface area contributed by atoms with E-state index in [4.69, 9.17) is 0 Å². The molecule has 0 amide bonds. The molecule has 0 bridgehead atoms. The molecule has 6 nitrogen and oxygen atoms in total. The maximum Gasteiger partial charge on any atom is 0.327 e. The molecule has 2 N–H and O–H groups in total. The van der Waals surface area contributed by atoms with Crippen LogP contribution in [0.15, 0.2) is 20.4 Å². The third kappa shape index (κ3) is 2.01. The number of nitrogens with one attached hydrogen (secondary N) is 2. The van der Waals surface area contributed by atoms with Gasteiger partial charge in [-0.05, 0) is 13.3 Å². The van der Waals surface area contributed by atoms with Gasteiger partial charge in [-0.3, -0.25) is 19.6 Å². The fraction of sp³-hybridized carbons (Fsp3) is 0.417. The smallest absolute Gasteiger partial charge is 0.327 e. The minimum Gasteiger partial charge on any atom is -0.331 e. The minimum absolute atomic E-state index is 0.0105. The van der Waals surface area contributed by atoms with Gasteiger partial charge in [-0.15, -0.1) is 0 Å². The number of unbranched alkanes of at least 4 members (excludes halogenated alkanes) is 1. The number of hydrogen-bond acceptors (Lipinski definition) is 3. The Bertz CT molecular complexity index is 752. The first-order valence-electron chi connectivity index (χ1n) is 5.91. The van der Waals surface area contributed by atoms with E-state index in [0.717, 1.165) is 18.5 Å². The molecule has 0 spiro atoms. The highest BCUT2D eigenvalue weighted by molar-refractivity contribution is 5.73. The Labute approximate surface area is 102 Å². The molecule has 0 saturated heterocycles. The van der Waals surface area contributed by atoms with Crippen molar-refractivity contribution >= 4 is 11.0 Å². The van der Waals surface area contributed by atoms with Crippen LogP contribution in [0.1, 0.15) is 25.5 Å². The summed E-state index contributed by atoms with van der Waals surface area (Å²) in [6.07, 6.45) is 1.90. The molecule has 2 rings (SSSR count). The van der Waals surface area contributed by atoms with Crippen LogP contribution in [0.3, 0.4) is 0 Å². The lowest BCUT2D eigenvalue weighted by atomic mass is 10.2. The largest absolute Gasteiger partial charge is 0.331 e. The molecule has 2 heterocycles. The van der Waals surface area contributed by atoms with E-state index in [2.05, 4.69) is 16.9 Å². The number of aromatic nitrogens is 3. The summed E-state index contributed by atoms with van der Waals surface area (Å²) in [6, 6.07) is 1.42. The van der Waals surface area contributed by atoms with Crippen LogP contribution in [-0.4, -0.2) is 14.5 Å². The van der Waals surface area contributed by atoms with Gasteiger partial charge in [0.2, 0.25) is 0 Å². The fourth-order valence-electron chi connectivity index (χ4n) is 2.03. The molecule has 2 aromatic rings. The van der Waals surface area contributed by atoms with Crippen molar-refractivity contribution < 1.29 is 0 Å². The second-order valence-corrected chi connectivity index (χ2v) is 4.29. The second kappa shape index (κ2) is 4.64. The molecule has 0 unspecified atom stereocenters. The molecule has 0 saturated carbocycles. The number of fused-ring (bicyclic) bond motifs is 1. The Morgan fingerprint density at radius 1 is 1.22 bits per heavy atom. The summed E-state index contributed by atoms with van der Waals surface area (Å²) < 4.78 is 1.80. The SMILES string of the molecule is CCCCn1c(C)cc(=O)c2c(=O)[nH]c(=O)[nH]c21. The van der Waals surface area contributed by atoms with Crippen molar-refractivity contribution in [2.24, 2.45) is 0 Å². The summed E-state index contributed by atoms with van der Waals surface area (Å²) in [5, 5.41) is 0.0105. The van der Waals surface area contributed by atoms with Crippen molar-refractivity contribution in [2.75, 3.05) is 0 Å². The highest BCUT2D eigenvalue weighted by Gasteiger charge is 2.10. The molecule has 0 aromatic carbocycles. The Hall–Kier alpha value is -2.11. The number of aryl methyl sites for hydroxylation is 2. The maximum absolute atomic E-state index is 11.8. The molecule has 0 atom stereocenters. The van der Waals surface area contributed by atoms with Gasteiger partial charge >= 0.3 is 5.69 Å². The van der Waals surface area contributed by atoms with Crippen LogP contribution >= 0.6 is 0 Å². The highest BCUT2D eigenvalue weighted by Crippen LogP contribution is 2.07. The zero-order valence-electron chi connectivity index (χ0n) is 10.4. The highest BCUT2D eigenvalue weighted by atomic mass is 16.2. The standard InChI is InChI=1S/C12H15N3O3/c1-3-4-5-15-7(2)6-8(16)9-10(15)13-12(18)14-11(9)17/h6H,3-5H2,1-2H3,(H2,13,14,17,18). The van der Waals surface area contributed by atoms with Crippen LogP contribution in [0, 0.1) is 6.92 Å². The molecule has 6 heteroatoms. The van der Waals surface area contributed by atoms with Gasteiger partial charge in [0.1, 0.15) is 11.0 Å². The number of pyridine rings is 1. The van der Waals surface area contributed by atoms with Gasteiger partial charge in [0.15, 0.2) is 5.43 Å². The predicted molar refractivity (Wildman–Crippen MR) is 69.1 cm³/mol. The summed E-state index contributed by atoms with van der Waals surface area (Å²) in [4.78, 5) is 39.4. The van der Waals surface area contributed by atoms with Gasteiger partial charge in [0, 0.05) is 18.3 Å². The fourth-order valence-corrected chi connectivity index (χ4v) is 2.03. The summed E-state index contributed by atoms with van der Waals surface area (Å²) >= 11 is 0. The van der Waals surface area contributed by atoms with Crippen LogP contribution in [0.4, 0.5) is 0 Å². The first-order valence-corrected chi connectivity index (χ1v) is 5.91. The quantitative estimate of drug-likeness (QED) is 0.829. The Balaban J connectivity index is 2.89.